The van der Waals surface area contributed by atoms with Crippen molar-refractivity contribution in [1.82, 2.24) is 14.9 Å². The number of amides is 1. The topological polar surface area (TPSA) is 90.0 Å². The minimum Gasteiger partial charge on any atom is -0.353 e. The van der Waals surface area contributed by atoms with E-state index in [0.717, 1.165) is 5.56 Å². The number of nitrogens with two attached hydrogens (primary N) is 1. The van der Waals surface area contributed by atoms with Gasteiger partial charge in [-0.05, 0) is 29.2 Å². The molecule has 0 aliphatic heterocycles. The Bertz CT molecular complexity index is 993. The van der Waals surface area contributed by atoms with Gasteiger partial charge in [0.2, 0.25) is 5.91 Å². The van der Waals surface area contributed by atoms with Gasteiger partial charge in [0.1, 0.15) is 6.54 Å². The molecule has 2 aromatic carbocycles. The maximum atomic E-state index is 12.4. The summed E-state index contributed by atoms with van der Waals surface area (Å²) in [6.45, 7) is 4.49. The van der Waals surface area contributed by atoms with Gasteiger partial charge in [-0.25, -0.2) is 4.98 Å². The molecule has 0 aliphatic rings. The van der Waals surface area contributed by atoms with Crippen molar-refractivity contribution in [1.29, 1.82) is 0 Å². The molecule has 1 atom stereocenters. The Labute approximate surface area is 158 Å². The third kappa shape index (κ3) is 4.41. The summed E-state index contributed by atoms with van der Waals surface area (Å²) in [6, 6.07) is 14.9. The standard InChI is InChI=1S/C21H24N4O2/c1-14(2)15-7-9-16(10-8-15)18(22)11-23-20(26)12-25-13-24-19-6-4-3-5-17(19)21(25)27/h3-10,13-14,18H,11-12,22H2,1-2H3,(H,23,26). The number of aromatic nitrogens is 2. The lowest BCUT2D eigenvalue weighted by atomic mass is 9.99. The summed E-state index contributed by atoms with van der Waals surface area (Å²) >= 11 is 0. The van der Waals surface area contributed by atoms with Gasteiger partial charge in [-0.1, -0.05) is 50.2 Å². The molecule has 1 heterocycles. The summed E-state index contributed by atoms with van der Waals surface area (Å²) in [5.41, 5.74) is 8.77. The average molecular weight is 364 g/mol. The van der Waals surface area contributed by atoms with E-state index in [0.29, 0.717) is 23.4 Å². The number of nitrogens with one attached hydrogen (secondary N) is 1. The van der Waals surface area contributed by atoms with Crippen LogP contribution in [-0.2, 0) is 11.3 Å². The number of para-hydroxylation sites is 1. The molecular formula is C21H24N4O2. The Morgan fingerprint density at radius 3 is 2.48 bits per heavy atom. The van der Waals surface area contributed by atoms with E-state index in [1.165, 1.54) is 16.5 Å². The molecule has 1 aromatic heterocycles. The van der Waals surface area contributed by atoms with Crippen LogP contribution in [0.3, 0.4) is 0 Å². The van der Waals surface area contributed by atoms with Crippen LogP contribution in [0.4, 0.5) is 0 Å². The zero-order valence-corrected chi connectivity index (χ0v) is 15.6. The van der Waals surface area contributed by atoms with Crippen molar-refractivity contribution in [2.24, 2.45) is 5.73 Å². The maximum absolute atomic E-state index is 12.4. The van der Waals surface area contributed by atoms with Crippen LogP contribution >= 0.6 is 0 Å². The Hall–Kier alpha value is -2.99. The Balaban J connectivity index is 1.61. The van der Waals surface area contributed by atoms with Crippen molar-refractivity contribution in [2.45, 2.75) is 32.4 Å². The number of carbonyl (C=O) groups is 1. The summed E-state index contributed by atoms with van der Waals surface area (Å²) < 4.78 is 1.31. The number of nitrogens with zero attached hydrogens (tertiary/aromatic N) is 2. The van der Waals surface area contributed by atoms with Gasteiger partial charge in [0, 0.05) is 12.6 Å². The monoisotopic (exact) mass is 364 g/mol. The first-order chi connectivity index (χ1) is 13.0. The van der Waals surface area contributed by atoms with E-state index < -0.39 is 0 Å². The molecule has 0 saturated carbocycles. The van der Waals surface area contributed by atoms with Crippen LogP contribution in [0, 0.1) is 0 Å². The SMILES string of the molecule is CC(C)c1ccc(C(N)CNC(=O)Cn2cnc3ccccc3c2=O)cc1. The van der Waals surface area contributed by atoms with Gasteiger partial charge in [0.15, 0.2) is 0 Å². The molecule has 3 rings (SSSR count). The zero-order chi connectivity index (χ0) is 19.4. The van der Waals surface area contributed by atoms with E-state index in [-0.39, 0.29) is 24.1 Å². The predicted molar refractivity (Wildman–Crippen MR) is 106 cm³/mol. The van der Waals surface area contributed by atoms with E-state index in [2.05, 4.69) is 36.3 Å². The van der Waals surface area contributed by atoms with Crippen LogP contribution in [0.25, 0.3) is 10.9 Å². The minimum atomic E-state index is -0.304. The van der Waals surface area contributed by atoms with Gasteiger partial charge in [-0.2, -0.15) is 0 Å². The second-order valence-corrected chi connectivity index (χ2v) is 6.93. The zero-order valence-electron chi connectivity index (χ0n) is 15.6. The smallest absolute Gasteiger partial charge is 0.261 e. The molecule has 1 amide bonds. The summed E-state index contributed by atoms with van der Waals surface area (Å²) in [4.78, 5) is 28.9. The molecule has 0 saturated heterocycles. The summed E-state index contributed by atoms with van der Waals surface area (Å²) in [5.74, 6) is 0.187. The first-order valence-corrected chi connectivity index (χ1v) is 9.02. The number of carbonyl (C=O) groups excluding carboxylic acids is 1. The van der Waals surface area contributed by atoms with Gasteiger partial charge in [0.05, 0.1) is 17.2 Å². The van der Waals surface area contributed by atoms with Crippen LogP contribution in [0.1, 0.15) is 36.9 Å². The minimum absolute atomic E-state index is 0.0876. The highest BCUT2D eigenvalue weighted by atomic mass is 16.2. The molecule has 0 radical (unpaired) electrons. The van der Waals surface area contributed by atoms with Crippen molar-refractivity contribution in [3.63, 3.8) is 0 Å². The van der Waals surface area contributed by atoms with E-state index in [4.69, 9.17) is 5.73 Å². The maximum Gasteiger partial charge on any atom is 0.261 e. The number of hydrogen-bond donors (Lipinski definition) is 2. The highest BCUT2D eigenvalue weighted by molar-refractivity contribution is 5.78. The second kappa shape index (κ2) is 8.14. The highest BCUT2D eigenvalue weighted by Gasteiger charge is 2.11. The van der Waals surface area contributed by atoms with Crippen molar-refractivity contribution < 1.29 is 4.79 Å². The molecule has 27 heavy (non-hydrogen) atoms. The van der Waals surface area contributed by atoms with Crippen molar-refractivity contribution in [2.75, 3.05) is 6.54 Å². The molecule has 0 fully saturated rings. The number of fused-ring (bicyclic) bond motifs is 1. The third-order valence-corrected chi connectivity index (χ3v) is 4.60. The second-order valence-electron chi connectivity index (χ2n) is 6.93. The molecule has 3 aromatic rings. The summed E-state index contributed by atoms with van der Waals surface area (Å²) in [6.07, 6.45) is 1.40. The first kappa shape index (κ1) is 18.8. The van der Waals surface area contributed by atoms with E-state index in [9.17, 15) is 9.59 Å². The fourth-order valence-electron chi connectivity index (χ4n) is 2.90. The molecule has 6 nitrogen and oxygen atoms in total. The Morgan fingerprint density at radius 1 is 1.11 bits per heavy atom. The molecular weight excluding hydrogens is 340 g/mol. The van der Waals surface area contributed by atoms with Crippen LogP contribution < -0.4 is 16.6 Å². The molecule has 0 spiro atoms. The predicted octanol–water partition coefficient (Wildman–Crippen LogP) is 2.34. The van der Waals surface area contributed by atoms with Crippen LogP contribution in [0.2, 0.25) is 0 Å². The summed E-state index contributed by atoms with van der Waals surface area (Å²) in [7, 11) is 0. The molecule has 3 N–H and O–H groups in total. The van der Waals surface area contributed by atoms with Gasteiger partial charge >= 0.3 is 0 Å². The highest BCUT2D eigenvalue weighted by Crippen LogP contribution is 2.17. The average Bonchev–Trinajstić information content (AvgIpc) is 2.68. The lowest BCUT2D eigenvalue weighted by molar-refractivity contribution is -0.121. The Kier molecular flexibility index (Phi) is 5.66. The van der Waals surface area contributed by atoms with Crippen LogP contribution in [0.15, 0.2) is 59.7 Å². The van der Waals surface area contributed by atoms with Gasteiger partial charge in [-0.15, -0.1) is 0 Å². The van der Waals surface area contributed by atoms with Crippen molar-refractivity contribution >= 4 is 16.8 Å². The fraction of sp³-hybridized carbons (Fsp3) is 0.286. The van der Waals surface area contributed by atoms with Crippen molar-refractivity contribution in [3.8, 4) is 0 Å². The molecule has 140 valence electrons. The van der Waals surface area contributed by atoms with E-state index in [1.807, 2.05) is 18.2 Å². The first-order valence-electron chi connectivity index (χ1n) is 9.02. The molecule has 1 unspecified atom stereocenters. The molecule has 0 aliphatic carbocycles. The van der Waals surface area contributed by atoms with Gasteiger partial charge < -0.3 is 11.1 Å². The normalized spacial score (nSPS) is 12.3. The lowest BCUT2D eigenvalue weighted by Gasteiger charge is -2.15. The number of hydrogen-bond acceptors (Lipinski definition) is 4. The van der Waals surface area contributed by atoms with Gasteiger partial charge in [0.25, 0.3) is 5.56 Å². The van der Waals surface area contributed by atoms with E-state index >= 15 is 0 Å². The fourth-order valence-corrected chi connectivity index (χ4v) is 2.90. The number of benzene rings is 2. The quantitative estimate of drug-likeness (QED) is 0.702. The largest absolute Gasteiger partial charge is 0.353 e. The lowest BCUT2D eigenvalue weighted by Crippen LogP contribution is -2.36. The van der Waals surface area contributed by atoms with Crippen LogP contribution in [0.5, 0.6) is 0 Å². The van der Waals surface area contributed by atoms with E-state index in [1.54, 1.807) is 18.2 Å². The van der Waals surface area contributed by atoms with Crippen molar-refractivity contribution in [3.05, 3.63) is 76.3 Å². The van der Waals surface area contributed by atoms with Gasteiger partial charge in [-0.3, -0.25) is 14.2 Å². The Morgan fingerprint density at radius 2 is 1.78 bits per heavy atom. The number of rotatable bonds is 6. The summed E-state index contributed by atoms with van der Waals surface area (Å²) in [5, 5.41) is 3.29. The molecule has 6 heteroatoms. The van der Waals surface area contributed by atoms with Crippen LogP contribution in [-0.4, -0.2) is 22.0 Å². The third-order valence-electron chi connectivity index (χ3n) is 4.60. The molecule has 0 bridgehead atoms.